The van der Waals surface area contributed by atoms with Gasteiger partial charge in [0.1, 0.15) is 0 Å². The van der Waals surface area contributed by atoms with Crippen LogP contribution in [0.15, 0.2) is 29.5 Å². The fourth-order valence-electron chi connectivity index (χ4n) is 1.39. The van der Waals surface area contributed by atoms with Crippen LogP contribution in [0.4, 0.5) is 0 Å². The molecule has 0 radical (unpaired) electrons. The summed E-state index contributed by atoms with van der Waals surface area (Å²) in [4.78, 5) is 10.4. The molecule has 0 aliphatic carbocycles. The van der Waals surface area contributed by atoms with Gasteiger partial charge in [0.2, 0.25) is 0 Å². The van der Waals surface area contributed by atoms with E-state index in [-0.39, 0.29) is 5.54 Å². The Labute approximate surface area is 104 Å². The Kier molecular flexibility index (Phi) is 4.49. The van der Waals surface area contributed by atoms with E-state index >= 15 is 0 Å². The van der Waals surface area contributed by atoms with Crippen molar-refractivity contribution in [2.75, 3.05) is 13.6 Å². The lowest BCUT2D eigenvalue weighted by molar-refractivity contribution is 0.481. The van der Waals surface area contributed by atoms with Crippen LogP contribution in [0, 0.1) is 0 Å². The quantitative estimate of drug-likeness (QED) is 0.639. The highest BCUT2D eigenvalue weighted by atomic mass is 15.2. The van der Waals surface area contributed by atoms with Crippen molar-refractivity contribution in [3.63, 3.8) is 0 Å². The lowest BCUT2D eigenvalue weighted by atomic mass is 10.1. The number of aromatic nitrogens is 1. The van der Waals surface area contributed by atoms with Gasteiger partial charge < -0.3 is 10.6 Å². The fraction of sp³-hybridized carbons (Fsp3) is 0.538. The Morgan fingerprint density at radius 1 is 1.35 bits per heavy atom. The van der Waals surface area contributed by atoms with E-state index in [0.29, 0.717) is 5.96 Å². The van der Waals surface area contributed by atoms with Crippen LogP contribution in [0.1, 0.15) is 26.3 Å². The number of rotatable bonds is 3. The molecule has 0 unspecified atom stereocenters. The molecular formula is C13H22N4. The normalized spacial score (nSPS) is 12.6. The predicted molar refractivity (Wildman–Crippen MR) is 71.9 cm³/mol. The lowest BCUT2D eigenvalue weighted by Gasteiger charge is -2.21. The van der Waals surface area contributed by atoms with Crippen LogP contribution >= 0.6 is 0 Å². The standard InChI is InChI=1S/C13H22N4/c1-13(2,3)16-12(14)17(4)10-7-11-5-8-15-9-6-11/h5-6,8-9H,7,10H2,1-4H3,(H2,14,16). The molecule has 0 spiro atoms. The molecule has 94 valence electrons. The average Bonchev–Trinajstić information content (AvgIpc) is 2.25. The first-order valence-corrected chi connectivity index (χ1v) is 5.84. The number of nitrogens with zero attached hydrogens (tertiary/aromatic N) is 3. The molecule has 0 aliphatic rings. The zero-order valence-electron chi connectivity index (χ0n) is 11.1. The van der Waals surface area contributed by atoms with Crippen molar-refractivity contribution in [1.29, 1.82) is 0 Å². The van der Waals surface area contributed by atoms with Crippen LogP contribution in [0.5, 0.6) is 0 Å². The van der Waals surface area contributed by atoms with Crippen molar-refractivity contribution in [2.45, 2.75) is 32.7 Å². The molecule has 0 fully saturated rings. The number of hydrogen-bond acceptors (Lipinski definition) is 2. The number of nitrogens with two attached hydrogens (primary N) is 1. The molecule has 0 atom stereocenters. The minimum atomic E-state index is -0.130. The zero-order valence-corrected chi connectivity index (χ0v) is 11.1. The van der Waals surface area contributed by atoms with E-state index in [2.05, 4.69) is 9.98 Å². The van der Waals surface area contributed by atoms with E-state index in [1.165, 1.54) is 5.56 Å². The number of guanidine groups is 1. The van der Waals surface area contributed by atoms with Gasteiger partial charge >= 0.3 is 0 Å². The first-order chi connectivity index (χ1) is 7.88. The summed E-state index contributed by atoms with van der Waals surface area (Å²) >= 11 is 0. The molecule has 0 amide bonds. The van der Waals surface area contributed by atoms with Crippen LogP contribution in [-0.2, 0) is 6.42 Å². The molecule has 1 rings (SSSR count). The summed E-state index contributed by atoms with van der Waals surface area (Å²) in [5, 5.41) is 0. The number of hydrogen-bond donors (Lipinski definition) is 1. The minimum absolute atomic E-state index is 0.130. The molecule has 0 saturated heterocycles. The molecule has 0 saturated carbocycles. The third-order valence-corrected chi connectivity index (χ3v) is 2.33. The van der Waals surface area contributed by atoms with Gasteiger partial charge in [-0.2, -0.15) is 0 Å². The second-order valence-electron chi connectivity index (χ2n) is 5.17. The van der Waals surface area contributed by atoms with Crippen LogP contribution < -0.4 is 5.73 Å². The van der Waals surface area contributed by atoms with Crippen molar-refractivity contribution in [2.24, 2.45) is 10.7 Å². The maximum absolute atomic E-state index is 5.93. The van der Waals surface area contributed by atoms with Gasteiger partial charge in [-0.25, -0.2) is 4.99 Å². The Balaban J connectivity index is 2.50. The third-order valence-electron chi connectivity index (χ3n) is 2.33. The topological polar surface area (TPSA) is 54.5 Å². The maximum atomic E-state index is 5.93. The van der Waals surface area contributed by atoms with Crippen molar-refractivity contribution in [3.05, 3.63) is 30.1 Å². The summed E-state index contributed by atoms with van der Waals surface area (Å²) < 4.78 is 0. The highest BCUT2D eigenvalue weighted by molar-refractivity contribution is 5.78. The summed E-state index contributed by atoms with van der Waals surface area (Å²) in [6.07, 6.45) is 4.56. The monoisotopic (exact) mass is 234 g/mol. The van der Waals surface area contributed by atoms with Crippen LogP contribution in [0.2, 0.25) is 0 Å². The SMILES string of the molecule is CN(CCc1ccncc1)C(N)=NC(C)(C)C. The number of aliphatic imine (C=N–C) groups is 1. The Morgan fingerprint density at radius 2 is 1.94 bits per heavy atom. The smallest absolute Gasteiger partial charge is 0.191 e. The summed E-state index contributed by atoms with van der Waals surface area (Å²) in [5.41, 5.74) is 7.06. The molecule has 0 bridgehead atoms. The summed E-state index contributed by atoms with van der Waals surface area (Å²) in [6, 6.07) is 4.04. The molecule has 0 aliphatic heterocycles. The molecule has 0 aromatic carbocycles. The molecule has 2 N–H and O–H groups in total. The van der Waals surface area contributed by atoms with Gasteiger partial charge in [-0.3, -0.25) is 4.98 Å². The minimum Gasteiger partial charge on any atom is -0.370 e. The highest BCUT2D eigenvalue weighted by Crippen LogP contribution is 2.06. The second kappa shape index (κ2) is 5.66. The first kappa shape index (κ1) is 13.5. The van der Waals surface area contributed by atoms with E-state index in [0.717, 1.165) is 13.0 Å². The van der Waals surface area contributed by atoms with Gasteiger partial charge in [0.25, 0.3) is 0 Å². The van der Waals surface area contributed by atoms with E-state index in [1.54, 1.807) is 0 Å². The summed E-state index contributed by atoms with van der Waals surface area (Å²) in [5.74, 6) is 0.589. The predicted octanol–water partition coefficient (Wildman–Crippen LogP) is 1.67. The lowest BCUT2D eigenvalue weighted by Crippen LogP contribution is -2.37. The largest absolute Gasteiger partial charge is 0.370 e. The molecule has 4 nitrogen and oxygen atoms in total. The van der Waals surface area contributed by atoms with Gasteiger partial charge in [0.05, 0.1) is 5.54 Å². The molecule has 1 aromatic rings. The highest BCUT2D eigenvalue weighted by Gasteiger charge is 2.10. The van der Waals surface area contributed by atoms with Crippen molar-refractivity contribution < 1.29 is 0 Å². The fourth-order valence-corrected chi connectivity index (χ4v) is 1.39. The second-order valence-corrected chi connectivity index (χ2v) is 5.17. The number of pyridine rings is 1. The van der Waals surface area contributed by atoms with Gasteiger partial charge in [0, 0.05) is 26.0 Å². The summed E-state index contributed by atoms with van der Waals surface area (Å²) in [6.45, 7) is 6.97. The molecule has 17 heavy (non-hydrogen) atoms. The Bertz CT molecular complexity index is 365. The van der Waals surface area contributed by atoms with Gasteiger partial charge in [-0.1, -0.05) is 0 Å². The molecular weight excluding hydrogens is 212 g/mol. The van der Waals surface area contributed by atoms with Crippen LogP contribution in [-0.4, -0.2) is 35.0 Å². The maximum Gasteiger partial charge on any atom is 0.191 e. The van der Waals surface area contributed by atoms with Crippen molar-refractivity contribution in [3.8, 4) is 0 Å². The van der Waals surface area contributed by atoms with Gasteiger partial charge in [-0.15, -0.1) is 0 Å². The van der Waals surface area contributed by atoms with Crippen molar-refractivity contribution in [1.82, 2.24) is 9.88 Å². The first-order valence-electron chi connectivity index (χ1n) is 5.84. The molecule has 1 aromatic heterocycles. The van der Waals surface area contributed by atoms with Crippen LogP contribution in [0.25, 0.3) is 0 Å². The van der Waals surface area contributed by atoms with Crippen molar-refractivity contribution >= 4 is 5.96 Å². The van der Waals surface area contributed by atoms with Crippen LogP contribution in [0.3, 0.4) is 0 Å². The zero-order chi connectivity index (χ0) is 12.9. The average molecular weight is 234 g/mol. The van der Waals surface area contributed by atoms with E-state index < -0.39 is 0 Å². The third kappa shape index (κ3) is 5.33. The van der Waals surface area contributed by atoms with Gasteiger partial charge in [0.15, 0.2) is 5.96 Å². The van der Waals surface area contributed by atoms with Gasteiger partial charge in [-0.05, 0) is 44.9 Å². The molecule has 1 heterocycles. The Morgan fingerprint density at radius 3 is 2.47 bits per heavy atom. The van der Waals surface area contributed by atoms with E-state index in [1.807, 2.05) is 57.2 Å². The Hall–Kier alpha value is -1.58. The van der Waals surface area contributed by atoms with E-state index in [9.17, 15) is 0 Å². The summed E-state index contributed by atoms with van der Waals surface area (Å²) in [7, 11) is 1.96. The van der Waals surface area contributed by atoms with E-state index in [4.69, 9.17) is 5.73 Å². The molecule has 4 heteroatoms. The number of likely N-dealkylation sites (N-methyl/N-ethyl adjacent to an activating group) is 1.